The summed E-state index contributed by atoms with van der Waals surface area (Å²) in [5.41, 5.74) is 5.40. The van der Waals surface area contributed by atoms with E-state index in [1.54, 1.807) is 12.3 Å². The number of aromatic nitrogens is 2. The van der Waals surface area contributed by atoms with Crippen LogP contribution in [0.3, 0.4) is 0 Å². The Hall–Kier alpha value is -2.48. The van der Waals surface area contributed by atoms with Crippen LogP contribution in [0.1, 0.15) is 29.8 Å². The van der Waals surface area contributed by atoms with Crippen LogP contribution < -0.4 is 10.6 Å². The van der Waals surface area contributed by atoms with E-state index in [1.165, 1.54) is 6.20 Å². The van der Waals surface area contributed by atoms with Gasteiger partial charge in [0, 0.05) is 44.7 Å². The highest BCUT2D eigenvalue weighted by atomic mass is 16.2. The van der Waals surface area contributed by atoms with Crippen LogP contribution in [0.15, 0.2) is 25.0 Å². The van der Waals surface area contributed by atoms with Gasteiger partial charge in [0.25, 0.3) is 5.91 Å². The van der Waals surface area contributed by atoms with Crippen LogP contribution in [0.25, 0.3) is 0 Å². The zero-order valence-electron chi connectivity index (χ0n) is 15.2. The molecule has 0 radical (unpaired) electrons. The number of anilines is 1. The molecule has 2 aliphatic heterocycles. The van der Waals surface area contributed by atoms with Crippen LogP contribution in [0, 0.1) is 0 Å². The van der Waals surface area contributed by atoms with Gasteiger partial charge in [-0.05, 0) is 19.9 Å². The highest BCUT2D eigenvalue weighted by Gasteiger charge is 2.42. The average Bonchev–Trinajstić information content (AvgIpc) is 2.79. The van der Waals surface area contributed by atoms with E-state index in [0.29, 0.717) is 18.8 Å². The molecule has 3 heterocycles. The first-order valence-corrected chi connectivity index (χ1v) is 8.92. The molecule has 3 rings (SSSR count). The van der Waals surface area contributed by atoms with Gasteiger partial charge in [-0.1, -0.05) is 6.08 Å². The zero-order valence-corrected chi connectivity index (χ0v) is 15.2. The maximum Gasteiger partial charge on any atom is 0.268 e. The van der Waals surface area contributed by atoms with Crippen molar-refractivity contribution in [1.82, 2.24) is 19.8 Å². The molecule has 1 spiro atoms. The summed E-state index contributed by atoms with van der Waals surface area (Å²) in [6.07, 6.45) is 7.04. The molecule has 0 saturated carbocycles. The van der Waals surface area contributed by atoms with E-state index < -0.39 is 5.91 Å². The molecule has 2 amide bonds. The van der Waals surface area contributed by atoms with Crippen LogP contribution in [-0.4, -0.2) is 76.9 Å². The van der Waals surface area contributed by atoms with Gasteiger partial charge in [-0.2, -0.15) is 0 Å². The Labute approximate surface area is 153 Å². The van der Waals surface area contributed by atoms with Gasteiger partial charge in [0.05, 0.1) is 12.4 Å². The number of rotatable bonds is 4. The Morgan fingerprint density at radius 1 is 1.35 bits per heavy atom. The van der Waals surface area contributed by atoms with Crippen molar-refractivity contribution in [3.05, 3.63) is 30.7 Å². The van der Waals surface area contributed by atoms with E-state index >= 15 is 0 Å². The Balaban J connectivity index is 1.81. The summed E-state index contributed by atoms with van der Waals surface area (Å²) in [5, 5.41) is 0. The van der Waals surface area contributed by atoms with Crippen molar-refractivity contribution in [2.75, 3.05) is 44.7 Å². The molecule has 0 aliphatic carbocycles. The molecule has 1 atom stereocenters. The monoisotopic (exact) mass is 358 g/mol. The topological polar surface area (TPSA) is 95.7 Å². The van der Waals surface area contributed by atoms with Crippen molar-refractivity contribution < 1.29 is 9.59 Å². The molecule has 1 aromatic heterocycles. The third-order valence-corrected chi connectivity index (χ3v) is 5.55. The fraction of sp³-hybridized carbons (Fsp3) is 0.556. The van der Waals surface area contributed by atoms with Gasteiger partial charge in [0.2, 0.25) is 5.91 Å². The van der Waals surface area contributed by atoms with Crippen LogP contribution in [0.4, 0.5) is 5.82 Å². The molecular formula is C18H26N6O2. The number of hydrogen-bond acceptors (Lipinski definition) is 6. The molecule has 8 nitrogen and oxygen atoms in total. The first kappa shape index (κ1) is 18.3. The van der Waals surface area contributed by atoms with E-state index in [9.17, 15) is 9.59 Å². The number of likely N-dealkylation sites (tertiary alicyclic amines) is 1. The zero-order chi connectivity index (χ0) is 18.7. The van der Waals surface area contributed by atoms with Gasteiger partial charge in [0.15, 0.2) is 0 Å². The van der Waals surface area contributed by atoms with Gasteiger partial charge in [-0.3, -0.25) is 19.5 Å². The number of hydrogen-bond donors (Lipinski definition) is 1. The molecule has 0 bridgehead atoms. The molecule has 140 valence electrons. The summed E-state index contributed by atoms with van der Waals surface area (Å²) in [6, 6.07) is 0. The Morgan fingerprint density at radius 3 is 2.88 bits per heavy atom. The number of nitrogens with two attached hydrogens (primary N) is 1. The Kier molecular flexibility index (Phi) is 5.22. The summed E-state index contributed by atoms with van der Waals surface area (Å²) in [7, 11) is 2.12. The summed E-state index contributed by atoms with van der Waals surface area (Å²) < 4.78 is 0. The summed E-state index contributed by atoms with van der Waals surface area (Å²) in [6.45, 7) is 7.45. The predicted octanol–water partition coefficient (Wildman–Crippen LogP) is 0.265. The van der Waals surface area contributed by atoms with Gasteiger partial charge in [-0.15, -0.1) is 6.58 Å². The second kappa shape index (κ2) is 7.41. The van der Waals surface area contributed by atoms with Crippen LogP contribution in [0.2, 0.25) is 0 Å². The molecule has 2 N–H and O–H groups in total. The van der Waals surface area contributed by atoms with E-state index in [4.69, 9.17) is 5.73 Å². The Morgan fingerprint density at radius 2 is 2.15 bits per heavy atom. The highest BCUT2D eigenvalue weighted by molar-refractivity contribution is 5.90. The van der Waals surface area contributed by atoms with Gasteiger partial charge in [0.1, 0.15) is 11.5 Å². The molecule has 2 saturated heterocycles. The SMILES string of the molecule is C=CCN1CC[C@]2(CCC1=O)CN(c1cncc(C(N)=O)n1)CCN2C. The van der Waals surface area contributed by atoms with E-state index in [1.807, 2.05) is 4.90 Å². The number of nitrogens with zero attached hydrogens (tertiary/aromatic N) is 5. The van der Waals surface area contributed by atoms with E-state index in [-0.39, 0.29) is 17.1 Å². The summed E-state index contributed by atoms with van der Waals surface area (Å²) in [4.78, 5) is 38.6. The fourth-order valence-electron chi connectivity index (χ4n) is 3.86. The number of amides is 2. The number of carbonyl (C=O) groups is 2. The number of likely N-dealkylation sites (N-methyl/N-ethyl adjacent to an activating group) is 1. The number of carbonyl (C=O) groups excluding carboxylic acids is 2. The summed E-state index contributed by atoms with van der Waals surface area (Å²) >= 11 is 0. The van der Waals surface area contributed by atoms with Crippen molar-refractivity contribution in [2.24, 2.45) is 5.73 Å². The summed E-state index contributed by atoms with van der Waals surface area (Å²) in [5.74, 6) is 0.262. The minimum absolute atomic E-state index is 0.103. The smallest absolute Gasteiger partial charge is 0.268 e. The lowest BCUT2D eigenvalue weighted by atomic mass is 9.86. The van der Waals surface area contributed by atoms with Gasteiger partial charge in [-0.25, -0.2) is 4.98 Å². The maximum absolute atomic E-state index is 12.4. The van der Waals surface area contributed by atoms with Crippen molar-refractivity contribution in [3.63, 3.8) is 0 Å². The van der Waals surface area contributed by atoms with Crippen molar-refractivity contribution >= 4 is 17.6 Å². The third-order valence-electron chi connectivity index (χ3n) is 5.55. The molecule has 2 aliphatic rings. The lowest BCUT2D eigenvalue weighted by Gasteiger charge is -2.49. The minimum atomic E-state index is -0.580. The van der Waals surface area contributed by atoms with Crippen LogP contribution in [0.5, 0.6) is 0 Å². The third kappa shape index (κ3) is 3.55. The molecule has 2 fully saturated rings. The van der Waals surface area contributed by atoms with Crippen molar-refractivity contribution in [3.8, 4) is 0 Å². The average molecular weight is 358 g/mol. The largest absolute Gasteiger partial charge is 0.364 e. The predicted molar refractivity (Wildman–Crippen MR) is 98.8 cm³/mol. The first-order valence-electron chi connectivity index (χ1n) is 8.92. The molecular weight excluding hydrogens is 332 g/mol. The lowest BCUT2D eigenvalue weighted by molar-refractivity contribution is -0.130. The number of primary amides is 1. The van der Waals surface area contributed by atoms with Crippen molar-refractivity contribution in [1.29, 1.82) is 0 Å². The van der Waals surface area contributed by atoms with E-state index in [2.05, 4.69) is 33.4 Å². The second-order valence-electron chi connectivity index (χ2n) is 7.07. The van der Waals surface area contributed by atoms with E-state index in [0.717, 1.165) is 39.0 Å². The van der Waals surface area contributed by atoms with Gasteiger partial charge < -0.3 is 15.5 Å². The quantitative estimate of drug-likeness (QED) is 0.776. The first-order chi connectivity index (χ1) is 12.4. The normalized spacial score (nSPS) is 24.6. The van der Waals surface area contributed by atoms with Gasteiger partial charge >= 0.3 is 0 Å². The molecule has 0 unspecified atom stereocenters. The molecule has 26 heavy (non-hydrogen) atoms. The second-order valence-corrected chi connectivity index (χ2v) is 7.07. The Bertz CT molecular complexity index is 709. The fourth-order valence-corrected chi connectivity index (χ4v) is 3.86. The van der Waals surface area contributed by atoms with Crippen LogP contribution in [-0.2, 0) is 4.79 Å². The molecule has 8 heteroatoms. The molecule has 0 aromatic carbocycles. The van der Waals surface area contributed by atoms with Crippen LogP contribution >= 0.6 is 0 Å². The highest BCUT2D eigenvalue weighted by Crippen LogP contribution is 2.33. The van der Waals surface area contributed by atoms with Crippen molar-refractivity contribution in [2.45, 2.75) is 24.8 Å². The lowest BCUT2D eigenvalue weighted by Crippen LogP contribution is -2.61. The standard InChI is InChI=1S/C18H26N6O2/c1-3-7-23-8-6-18(5-4-16(23)25)13-24(10-9-22(18)2)15-12-20-11-14(21-15)17(19)26/h3,11-12H,1,4-10,13H2,2H3,(H2,19,26)/t18-/m1/s1. The number of piperazine rings is 1. The molecule has 1 aromatic rings. The maximum atomic E-state index is 12.4. The minimum Gasteiger partial charge on any atom is -0.364 e.